The molecule has 1 aliphatic heterocycles. The molecular weight excluding hydrogens is 524 g/mol. The third kappa shape index (κ3) is 6.76. The number of furan rings is 1. The van der Waals surface area contributed by atoms with E-state index < -0.39 is 15.6 Å². The number of thiocarbonyl (C=S) groups is 1. The van der Waals surface area contributed by atoms with E-state index in [0.29, 0.717) is 36.7 Å². The molecule has 1 aromatic heterocycles. The molecule has 11 heteroatoms. The Bertz CT molecular complexity index is 1430. The van der Waals surface area contributed by atoms with Crippen LogP contribution in [0.5, 0.6) is 0 Å². The Hall–Kier alpha value is -3.31. The molecular formula is C27H34N4O5S2. The maximum Gasteiger partial charge on any atom is 0.410 e. The van der Waals surface area contributed by atoms with Crippen molar-refractivity contribution in [1.82, 2.24) is 4.90 Å². The highest BCUT2D eigenvalue weighted by Gasteiger charge is 2.25. The fourth-order valence-electron chi connectivity index (χ4n) is 4.39. The van der Waals surface area contributed by atoms with E-state index in [0.717, 1.165) is 29.6 Å². The van der Waals surface area contributed by atoms with Gasteiger partial charge in [0.1, 0.15) is 21.9 Å². The molecule has 2 N–H and O–H groups in total. The Morgan fingerprint density at radius 3 is 2.42 bits per heavy atom. The molecule has 0 unspecified atom stereocenters. The zero-order chi connectivity index (χ0) is 27.7. The summed E-state index contributed by atoms with van der Waals surface area (Å²) in [4.78, 5) is 16.7. The molecule has 1 fully saturated rings. The Kier molecular flexibility index (Phi) is 7.89. The number of carbonyl (C=O) groups excluding carboxylic acids is 1. The third-order valence-electron chi connectivity index (χ3n) is 6.20. The van der Waals surface area contributed by atoms with Crippen molar-refractivity contribution in [3.8, 4) is 0 Å². The van der Waals surface area contributed by atoms with E-state index in [9.17, 15) is 13.2 Å². The fraction of sp³-hybridized carbons (Fsp3) is 0.407. The molecule has 2 aromatic carbocycles. The number of sulfonamides is 1. The monoisotopic (exact) mass is 558 g/mol. The standard InChI is InChI=1S/C27H34N4O5S2/c1-27(2,3)36-26(32)30-13-5-12-29(14-15-30)21-7-9-22(10-8-21)31(38(4,33)34)18-23-17-20-16-19(25(28)37)6-11-24(20)35-23/h6-11,16-17H,5,12-15,18H2,1-4H3,(H2,28,37). The van der Waals surface area contributed by atoms with Gasteiger partial charge in [0.15, 0.2) is 0 Å². The molecule has 2 heterocycles. The van der Waals surface area contributed by atoms with Gasteiger partial charge < -0.3 is 24.7 Å². The van der Waals surface area contributed by atoms with Gasteiger partial charge >= 0.3 is 6.09 Å². The molecule has 9 nitrogen and oxygen atoms in total. The molecule has 0 bridgehead atoms. The highest BCUT2D eigenvalue weighted by Crippen LogP contribution is 2.28. The topological polar surface area (TPSA) is 109 Å². The van der Waals surface area contributed by atoms with Gasteiger partial charge in [-0.3, -0.25) is 4.31 Å². The summed E-state index contributed by atoms with van der Waals surface area (Å²) in [5, 5.41) is 0.802. The van der Waals surface area contributed by atoms with E-state index in [2.05, 4.69) is 4.90 Å². The Labute approximate surface area is 229 Å². The van der Waals surface area contributed by atoms with Crippen LogP contribution >= 0.6 is 12.2 Å². The van der Waals surface area contributed by atoms with Crippen LogP contribution in [-0.2, 0) is 21.3 Å². The first-order chi connectivity index (χ1) is 17.8. The van der Waals surface area contributed by atoms with Crippen molar-refractivity contribution in [3.63, 3.8) is 0 Å². The Balaban J connectivity index is 1.48. The van der Waals surface area contributed by atoms with Crippen molar-refractivity contribution in [2.75, 3.05) is 41.6 Å². The molecule has 1 saturated heterocycles. The van der Waals surface area contributed by atoms with E-state index in [1.165, 1.54) is 10.6 Å². The molecule has 3 aromatic rings. The van der Waals surface area contributed by atoms with Crippen LogP contribution in [0.4, 0.5) is 16.2 Å². The van der Waals surface area contributed by atoms with Crippen LogP contribution in [-0.4, -0.2) is 62.4 Å². The van der Waals surface area contributed by atoms with Gasteiger partial charge in [-0.05, 0) is 75.7 Å². The highest BCUT2D eigenvalue weighted by atomic mass is 32.2. The van der Waals surface area contributed by atoms with Crippen LogP contribution in [0, 0.1) is 0 Å². The second kappa shape index (κ2) is 10.8. The van der Waals surface area contributed by atoms with Crippen LogP contribution in [0.3, 0.4) is 0 Å². The number of ether oxygens (including phenoxy) is 1. The van der Waals surface area contributed by atoms with Crippen LogP contribution in [0.2, 0.25) is 0 Å². The predicted octanol–water partition coefficient (Wildman–Crippen LogP) is 4.48. The second-order valence-corrected chi connectivity index (χ2v) is 12.8. The Morgan fingerprint density at radius 2 is 1.79 bits per heavy atom. The molecule has 0 radical (unpaired) electrons. The number of fused-ring (bicyclic) bond motifs is 1. The van der Waals surface area contributed by atoms with Crippen molar-refractivity contribution >= 4 is 55.7 Å². The molecule has 0 atom stereocenters. The van der Waals surface area contributed by atoms with E-state index in [1.54, 1.807) is 35.2 Å². The van der Waals surface area contributed by atoms with Crippen molar-refractivity contribution in [2.24, 2.45) is 5.73 Å². The molecule has 4 rings (SSSR count). The molecule has 38 heavy (non-hydrogen) atoms. The Morgan fingerprint density at radius 1 is 1.08 bits per heavy atom. The number of benzene rings is 2. The average Bonchev–Trinajstić information content (AvgIpc) is 3.06. The quantitative estimate of drug-likeness (QED) is 0.441. The third-order valence-corrected chi connectivity index (χ3v) is 7.58. The number of nitrogens with zero attached hydrogens (tertiary/aromatic N) is 3. The van der Waals surface area contributed by atoms with Gasteiger partial charge in [0, 0.05) is 42.8 Å². The summed E-state index contributed by atoms with van der Waals surface area (Å²) in [6, 6.07) is 14.6. The zero-order valence-electron chi connectivity index (χ0n) is 22.1. The maximum atomic E-state index is 12.7. The molecule has 0 aliphatic carbocycles. The van der Waals surface area contributed by atoms with Gasteiger partial charge in [-0.15, -0.1) is 0 Å². The molecule has 0 spiro atoms. The molecule has 204 valence electrons. The lowest BCUT2D eigenvalue weighted by Crippen LogP contribution is -2.39. The summed E-state index contributed by atoms with van der Waals surface area (Å²) >= 11 is 5.05. The lowest BCUT2D eigenvalue weighted by Gasteiger charge is -2.27. The van der Waals surface area contributed by atoms with Crippen molar-refractivity contribution in [3.05, 3.63) is 59.9 Å². The van der Waals surface area contributed by atoms with Gasteiger partial charge in [0.2, 0.25) is 10.0 Å². The summed E-state index contributed by atoms with van der Waals surface area (Å²) in [5.41, 5.74) is 8.04. The number of hydrogen-bond acceptors (Lipinski definition) is 7. The summed E-state index contributed by atoms with van der Waals surface area (Å²) < 4.78 is 38.2. The lowest BCUT2D eigenvalue weighted by molar-refractivity contribution is 0.0263. The number of nitrogens with two attached hydrogens (primary N) is 1. The molecule has 0 saturated carbocycles. The number of rotatable bonds is 6. The van der Waals surface area contributed by atoms with Crippen LogP contribution < -0.4 is 14.9 Å². The van der Waals surface area contributed by atoms with Gasteiger partial charge in [-0.2, -0.15) is 0 Å². The number of hydrogen-bond donors (Lipinski definition) is 1. The normalized spacial score (nSPS) is 14.8. The summed E-state index contributed by atoms with van der Waals surface area (Å²) in [7, 11) is -3.59. The molecule has 1 amide bonds. The minimum absolute atomic E-state index is 0.0455. The van der Waals surface area contributed by atoms with E-state index in [-0.39, 0.29) is 17.6 Å². The summed E-state index contributed by atoms with van der Waals surface area (Å²) in [5.74, 6) is 0.504. The largest absolute Gasteiger partial charge is 0.459 e. The SMILES string of the molecule is CC(C)(C)OC(=O)N1CCCN(c2ccc(N(Cc3cc4cc(C(N)=S)ccc4o3)S(C)(=O)=O)cc2)CC1. The first-order valence-electron chi connectivity index (χ1n) is 12.4. The van der Waals surface area contributed by atoms with E-state index in [1.807, 2.05) is 39.0 Å². The van der Waals surface area contributed by atoms with Gasteiger partial charge in [-0.25, -0.2) is 13.2 Å². The number of amides is 1. The maximum absolute atomic E-state index is 12.7. The van der Waals surface area contributed by atoms with Crippen LogP contribution in [0.15, 0.2) is 52.9 Å². The number of anilines is 2. The second-order valence-electron chi connectivity index (χ2n) is 10.4. The van der Waals surface area contributed by atoms with E-state index in [4.69, 9.17) is 27.1 Å². The van der Waals surface area contributed by atoms with E-state index >= 15 is 0 Å². The smallest absolute Gasteiger partial charge is 0.410 e. The van der Waals surface area contributed by atoms with Crippen LogP contribution in [0.25, 0.3) is 11.0 Å². The highest BCUT2D eigenvalue weighted by molar-refractivity contribution is 7.92. The first-order valence-corrected chi connectivity index (χ1v) is 14.7. The minimum atomic E-state index is -3.59. The van der Waals surface area contributed by atoms with Crippen molar-refractivity contribution in [2.45, 2.75) is 39.3 Å². The van der Waals surface area contributed by atoms with Gasteiger partial charge in [0.05, 0.1) is 18.5 Å². The first kappa shape index (κ1) is 27.7. The average molecular weight is 559 g/mol. The minimum Gasteiger partial charge on any atom is -0.459 e. The zero-order valence-corrected chi connectivity index (χ0v) is 23.8. The summed E-state index contributed by atoms with van der Waals surface area (Å²) in [6.45, 7) is 8.23. The lowest BCUT2D eigenvalue weighted by atomic mass is 10.1. The van der Waals surface area contributed by atoms with Gasteiger partial charge in [0.25, 0.3) is 0 Å². The fourth-order valence-corrected chi connectivity index (χ4v) is 5.38. The van der Waals surface area contributed by atoms with Gasteiger partial charge in [-0.1, -0.05) is 12.2 Å². The van der Waals surface area contributed by atoms with Crippen molar-refractivity contribution in [1.29, 1.82) is 0 Å². The van der Waals surface area contributed by atoms with Crippen LogP contribution in [0.1, 0.15) is 38.5 Å². The summed E-state index contributed by atoms with van der Waals surface area (Å²) in [6.07, 6.45) is 1.68. The predicted molar refractivity (Wildman–Crippen MR) is 154 cm³/mol. The van der Waals surface area contributed by atoms with Crippen molar-refractivity contribution < 1.29 is 22.4 Å². The molecule has 1 aliphatic rings. The number of carbonyl (C=O) groups is 1.